The molecule has 1 unspecified atom stereocenters. The van der Waals surface area contributed by atoms with E-state index in [2.05, 4.69) is 13.2 Å². The number of rotatable bonds is 14. The molecule has 7 heteroatoms. The summed E-state index contributed by atoms with van der Waals surface area (Å²) in [4.78, 5) is 23.1. The quantitative estimate of drug-likeness (QED) is 0.289. The van der Waals surface area contributed by atoms with E-state index in [4.69, 9.17) is 24.7 Å². The minimum Gasteiger partial charge on any atom is -0.463 e. The zero-order valence-corrected chi connectivity index (χ0v) is 14.7. The third kappa shape index (κ3) is 13.9. The summed E-state index contributed by atoms with van der Waals surface area (Å²) in [5, 5.41) is 0. The van der Waals surface area contributed by atoms with Gasteiger partial charge in [-0.25, -0.2) is 0 Å². The molecule has 0 fully saturated rings. The lowest BCUT2D eigenvalue weighted by molar-refractivity contribution is -0.148. The Morgan fingerprint density at radius 2 is 1.42 bits per heavy atom. The minimum atomic E-state index is -0.863. The van der Waals surface area contributed by atoms with Gasteiger partial charge >= 0.3 is 11.9 Å². The van der Waals surface area contributed by atoms with Gasteiger partial charge in [0.1, 0.15) is 19.3 Å². The minimum absolute atomic E-state index is 0.0446. The summed E-state index contributed by atoms with van der Waals surface area (Å²) in [5.41, 5.74) is 7.46. The normalized spacial score (nSPS) is 11.6. The van der Waals surface area contributed by atoms with Crippen molar-refractivity contribution in [2.75, 3.05) is 39.6 Å². The van der Waals surface area contributed by atoms with Gasteiger partial charge in [0.05, 0.1) is 26.4 Å². The van der Waals surface area contributed by atoms with Crippen molar-refractivity contribution in [2.24, 2.45) is 5.73 Å². The second kappa shape index (κ2) is 13.7. The Hall–Kier alpha value is -1.70. The fraction of sp³-hybridized carbons (Fsp3) is 0.647. The van der Waals surface area contributed by atoms with E-state index in [1.165, 1.54) is 0 Å². The third-order valence-corrected chi connectivity index (χ3v) is 2.62. The summed E-state index contributed by atoms with van der Waals surface area (Å²) in [6.45, 7) is 12.8. The van der Waals surface area contributed by atoms with Crippen molar-refractivity contribution >= 4 is 11.9 Å². The van der Waals surface area contributed by atoms with Crippen LogP contribution in [0.3, 0.4) is 0 Å². The number of carbonyl (C=O) groups is 2. The molecular weight excluding hydrogens is 314 g/mol. The lowest BCUT2D eigenvalue weighted by Crippen LogP contribution is -2.33. The highest BCUT2D eigenvalue weighted by molar-refractivity contribution is 5.77. The predicted molar refractivity (Wildman–Crippen MR) is 90.4 cm³/mol. The van der Waals surface area contributed by atoms with Gasteiger partial charge in [-0.1, -0.05) is 24.3 Å². The van der Waals surface area contributed by atoms with Crippen LogP contribution < -0.4 is 5.73 Å². The molecule has 24 heavy (non-hydrogen) atoms. The van der Waals surface area contributed by atoms with Crippen molar-refractivity contribution < 1.29 is 28.5 Å². The van der Waals surface area contributed by atoms with Crippen LogP contribution in [0.4, 0.5) is 0 Å². The molecule has 0 aliphatic carbocycles. The number of nitrogens with two attached hydrogens (primary N) is 1. The molecule has 0 rings (SSSR count). The maximum Gasteiger partial charge on any atom is 0.323 e. The Kier molecular flexibility index (Phi) is 12.7. The number of ether oxygens (including phenoxy) is 4. The van der Waals surface area contributed by atoms with Crippen LogP contribution in [0, 0.1) is 0 Å². The van der Waals surface area contributed by atoms with Crippen LogP contribution in [-0.2, 0) is 28.5 Å². The molecule has 0 spiro atoms. The zero-order chi connectivity index (χ0) is 18.4. The second-order valence-corrected chi connectivity index (χ2v) is 5.55. The molecule has 0 amide bonds. The summed E-state index contributed by atoms with van der Waals surface area (Å²) in [6.07, 6.45) is 0.208. The molecule has 0 aliphatic heterocycles. The fourth-order valence-corrected chi connectivity index (χ4v) is 1.48. The van der Waals surface area contributed by atoms with E-state index in [0.29, 0.717) is 19.8 Å². The average Bonchev–Trinajstić information content (AvgIpc) is 2.51. The Morgan fingerprint density at radius 1 is 0.917 bits per heavy atom. The third-order valence-electron chi connectivity index (χ3n) is 2.62. The molecule has 0 radical (unpaired) electrons. The van der Waals surface area contributed by atoms with Crippen LogP contribution >= 0.6 is 0 Å². The van der Waals surface area contributed by atoms with Gasteiger partial charge in [0.25, 0.3) is 0 Å². The molecule has 7 nitrogen and oxygen atoms in total. The van der Waals surface area contributed by atoms with E-state index in [1.807, 2.05) is 13.8 Å². The topological polar surface area (TPSA) is 97.1 Å². The molecule has 0 heterocycles. The first-order valence-electron chi connectivity index (χ1n) is 7.85. The number of hydrogen-bond donors (Lipinski definition) is 1. The van der Waals surface area contributed by atoms with Crippen LogP contribution in [0.1, 0.15) is 26.7 Å². The summed E-state index contributed by atoms with van der Waals surface area (Å²) in [7, 11) is 0. The van der Waals surface area contributed by atoms with Crippen molar-refractivity contribution in [3.63, 3.8) is 0 Å². The largest absolute Gasteiger partial charge is 0.463 e. The SMILES string of the molecule is C=C(C)COCCOC(=O)CCC(N)C(=O)OCCOCC(=C)C. The number of esters is 2. The number of hydrogen-bond acceptors (Lipinski definition) is 7. The van der Waals surface area contributed by atoms with Gasteiger partial charge in [0.15, 0.2) is 0 Å². The van der Waals surface area contributed by atoms with E-state index in [0.717, 1.165) is 11.1 Å². The standard InChI is InChI=1S/C17H29NO6/c1-13(2)11-21-7-9-23-16(19)6-5-15(18)17(20)24-10-8-22-12-14(3)4/h15H,1,3,5-12,18H2,2,4H3. The maximum atomic E-state index is 11.6. The molecule has 0 saturated heterocycles. The van der Waals surface area contributed by atoms with E-state index < -0.39 is 18.0 Å². The van der Waals surface area contributed by atoms with Crippen LogP contribution in [0.5, 0.6) is 0 Å². The lowest BCUT2D eigenvalue weighted by atomic mass is 10.2. The van der Waals surface area contributed by atoms with Gasteiger partial charge in [-0.3, -0.25) is 9.59 Å². The van der Waals surface area contributed by atoms with Crippen molar-refractivity contribution in [3.8, 4) is 0 Å². The molecule has 0 aliphatic rings. The van der Waals surface area contributed by atoms with Gasteiger partial charge in [0.2, 0.25) is 0 Å². The van der Waals surface area contributed by atoms with E-state index in [-0.39, 0.29) is 32.7 Å². The first-order valence-corrected chi connectivity index (χ1v) is 7.85. The maximum absolute atomic E-state index is 11.6. The summed E-state index contributed by atoms with van der Waals surface area (Å²) >= 11 is 0. The first-order chi connectivity index (χ1) is 11.3. The monoisotopic (exact) mass is 343 g/mol. The summed E-state index contributed by atoms with van der Waals surface area (Å²) in [6, 6.07) is -0.863. The zero-order valence-electron chi connectivity index (χ0n) is 14.7. The van der Waals surface area contributed by atoms with Crippen LogP contribution in [0.2, 0.25) is 0 Å². The molecule has 0 aromatic heterocycles. The Balaban J connectivity index is 3.65. The van der Waals surface area contributed by atoms with Gasteiger partial charge in [0, 0.05) is 6.42 Å². The van der Waals surface area contributed by atoms with Crippen LogP contribution in [-0.4, -0.2) is 57.6 Å². The van der Waals surface area contributed by atoms with Gasteiger partial charge in [-0.15, -0.1) is 0 Å². The highest BCUT2D eigenvalue weighted by Crippen LogP contribution is 2.00. The molecule has 0 aromatic rings. The van der Waals surface area contributed by atoms with Crippen molar-refractivity contribution in [1.82, 2.24) is 0 Å². The molecule has 0 bridgehead atoms. The molecule has 1 atom stereocenters. The molecule has 2 N–H and O–H groups in total. The predicted octanol–water partition coefficient (Wildman–Crippen LogP) is 1.37. The van der Waals surface area contributed by atoms with Crippen molar-refractivity contribution in [3.05, 3.63) is 24.3 Å². The Bertz CT molecular complexity index is 421. The second-order valence-electron chi connectivity index (χ2n) is 5.55. The summed E-state index contributed by atoms with van der Waals surface area (Å²) < 4.78 is 20.3. The number of carbonyl (C=O) groups excluding carboxylic acids is 2. The Labute approximate surface area is 143 Å². The Morgan fingerprint density at radius 3 is 1.92 bits per heavy atom. The molecule has 138 valence electrons. The smallest absolute Gasteiger partial charge is 0.323 e. The molecule has 0 saturated carbocycles. The van der Waals surface area contributed by atoms with Crippen molar-refractivity contribution in [2.45, 2.75) is 32.7 Å². The van der Waals surface area contributed by atoms with Gasteiger partial charge in [-0.2, -0.15) is 0 Å². The van der Waals surface area contributed by atoms with Gasteiger partial charge in [-0.05, 0) is 20.3 Å². The van der Waals surface area contributed by atoms with E-state index in [1.54, 1.807) is 0 Å². The van der Waals surface area contributed by atoms with Crippen LogP contribution in [0.15, 0.2) is 24.3 Å². The highest BCUT2D eigenvalue weighted by Gasteiger charge is 2.17. The summed E-state index contributed by atoms with van der Waals surface area (Å²) in [5.74, 6) is -0.992. The lowest BCUT2D eigenvalue weighted by Gasteiger charge is -2.11. The average molecular weight is 343 g/mol. The molecular formula is C17H29NO6. The van der Waals surface area contributed by atoms with E-state index >= 15 is 0 Å². The van der Waals surface area contributed by atoms with Gasteiger partial charge < -0.3 is 24.7 Å². The fourth-order valence-electron chi connectivity index (χ4n) is 1.48. The van der Waals surface area contributed by atoms with Crippen LogP contribution in [0.25, 0.3) is 0 Å². The van der Waals surface area contributed by atoms with Crippen molar-refractivity contribution in [1.29, 1.82) is 0 Å². The highest BCUT2D eigenvalue weighted by atomic mass is 16.6. The molecule has 0 aromatic carbocycles. The van der Waals surface area contributed by atoms with E-state index in [9.17, 15) is 9.59 Å². The first kappa shape index (κ1) is 22.3.